The number of hydrogen-bond acceptors (Lipinski definition) is 3. The van der Waals surface area contributed by atoms with Crippen LogP contribution >= 0.6 is 11.8 Å². The van der Waals surface area contributed by atoms with E-state index in [0.717, 1.165) is 34.1 Å². The second-order valence-electron chi connectivity index (χ2n) is 4.67. The van der Waals surface area contributed by atoms with Crippen LogP contribution in [0.4, 0.5) is 4.39 Å². The number of benzene rings is 2. The van der Waals surface area contributed by atoms with Gasteiger partial charge in [0.1, 0.15) is 11.6 Å². The van der Waals surface area contributed by atoms with Crippen molar-refractivity contribution in [3.8, 4) is 5.75 Å². The Hall–Kier alpha value is -1.52. The molecule has 2 nitrogen and oxygen atoms in total. The van der Waals surface area contributed by atoms with Crippen molar-refractivity contribution in [2.24, 2.45) is 0 Å². The molecule has 4 heteroatoms. The summed E-state index contributed by atoms with van der Waals surface area (Å²) in [4.78, 5) is 2.02. The van der Waals surface area contributed by atoms with Crippen LogP contribution in [0.1, 0.15) is 18.9 Å². The third-order valence-electron chi connectivity index (χ3n) is 3.09. The standard InChI is InChI=1S/C17H20FNOS/c1-3-11-19-12-15-16(18)5-4-6-17(15)21-14-9-7-13(20-2)8-10-14/h4-10,19H,3,11-12H2,1-2H3. The summed E-state index contributed by atoms with van der Waals surface area (Å²) in [6.45, 7) is 3.54. The van der Waals surface area contributed by atoms with Crippen LogP contribution in [0.2, 0.25) is 0 Å². The molecule has 0 aliphatic heterocycles. The third kappa shape index (κ3) is 4.48. The Kier molecular flexibility index (Phi) is 6.08. The second kappa shape index (κ2) is 8.05. The largest absolute Gasteiger partial charge is 0.497 e. The molecule has 0 bridgehead atoms. The third-order valence-corrected chi connectivity index (χ3v) is 4.20. The van der Waals surface area contributed by atoms with Gasteiger partial charge in [0.15, 0.2) is 0 Å². The zero-order chi connectivity index (χ0) is 15.1. The van der Waals surface area contributed by atoms with Crippen LogP contribution in [0.15, 0.2) is 52.3 Å². The number of hydrogen-bond donors (Lipinski definition) is 1. The van der Waals surface area contributed by atoms with Gasteiger partial charge in [0, 0.05) is 21.9 Å². The summed E-state index contributed by atoms with van der Waals surface area (Å²) in [5.41, 5.74) is 0.728. The zero-order valence-electron chi connectivity index (χ0n) is 12.4. The Bertz CT molecular complexity index is 572. The van der Waals surface area contributed by atoms with E-state index in [2.05, 4.69) is 12.2 Å². The molecule has 0 atom stereocenters. The van der Waals surface area contributed by atoms with Crippen LogP contribution in [0, 0.1) is 5.82 Å². The lowest BCUT2D eigenvalue weighted by molar-refractivity contribution is 0.414. The average Bonchev–Trinajstić information content (AvgIpc) is 2.51. The van der Waals surface area contributed by atoms with Crippen molar-refractivity contribution in [1.82, 2.24) is 5.32 Å². The SMILES string of the molecule is CCCNCc1c(F)cccc1Sc1ccc(OC)cc1. The van der Waals surface area contributed by atoms with Crippen LogP contribution in [-0.2, 0) is 6.54 Å². The number of nitrogens with one attached hydrogen (secondary N) is 1. The van der Waals surface area contributed by atoms with Crippen molar-refractivity contribution in [1.29, 1.82) is 0 Å². The molecule has 0 heterocycles. The van der Waals surface area contributed by atoms with E-state index < -0.39 is 0 Å². The molecule has 2 aromatic rings. The van der Waals surface area contributed by atoms with Gasteiger partial charge in [-0.1, -0.05) is 24.8 Å². The van der Waals surface area contributed by atoms with Crippen LogP contribution in [-0.4, -0.2) is 13.7 Å². The highest BCUT2D eigenvalue weighted by Crippen LogP contribution is 2.32. The summed E-state index contributed by atoms with van der Waals surface area (Å²) < 4.78 is 19.2. The molecule has 112 valence electrons. The van der Waals surface area contributed by atoms with Gasteiger partial charge in [-0.05, 0) is 49.4 Å². The van der Waals surface area contributed by atoms with Crippen molar-refractivity contribution < 1.29 is 9.13 Å². The van der Waals surface area contributed by atoms with Gasteiger partial charge in [0.2, 0.25) is 0 Å². The Morgan fingerprint density at radius 2 is 1.90 bits per heavy atom. The Labute approximate surface area is 129 Å². The van der Waals surface area contributed by atoms with Gasteiger partial charge in [-0.3, -0.25) is 0 Å². The molecule has 0 saturated carbocycles. The van der Waals surface area contributed by atoms with Crippen molar-refractivity contribution in [2.45, 2.75) is 29.7 Å². The molecule has 0 saturated heterocycles. The normalized spacial score (nSPS) is 10.6. The first-order valence-corrected chi connectivity index (χ1v) is 7.86. The molecule has 0 spiro atoms. The molecule has 2 aromatic carbocycles. The Morgan fingerprint density at radius 1 is 1.14 bits per heavy atom. The maximum absolute atomic E-state index is 14.0. The van der Waals surface area contributed by atoms with E-state index in [1.165, 1.54) is 6.07 Å². The summed E-state index contributed by atoms with van der Waals surface area (Å²) >= 11 is 1.57. The second-order valence-corrected chi connectivity index (χ2v) is 5.79. The molecule has 0 aliphatic rings. The number of rotatable bonds is 7. The fourth-order valence-corrected chi connectivity index (χ4v) is 2.93. The summed E-state index contributed by atoms with van der Waals surface area (Å²) in [6, 6.07) is 13.0. The zero-order valence-corrected chi connectivity index (χ0v) is 13.2. The van der Waals surface area contributed by atoms with Crippen molar-refractivity contribution in [2.75, 3.05) is 13.7 Å². The van der Waals surface area contributed by atoms with E-state index in [0.29, 0.717) is 6.54 Å². The molecule has 21 heavy (non-hydrogen) atoms. The minimum atomic E-state index is -0.155. The highest BCUT2D eigenvalue weighted by Gasteiger charge is 2.09. The molecule has 0 aliphatic carbocycles. The average molecular weight is 305 g/mol. The number of methoxy groups -OCH3 is 1. The van der Waals surface area contributed by atoms with Crippen molar-refractivity contribution in [3.05, 3.63) is 53.8 Å². The molecule has 0 aromatic heterocycles. The lowest BCUT2D eigenvalue weighted by atomic mass is 10.2. The molecule has 0 unspecified atom stereocenters. The molecule has 0 radical (unpaired) electrons. The first-order valence-electron chi connectivity index (χ1n) is 7.04. The molecular weight excluding hydrogens is 285 g/mol. The van der Waals surface area contributed by atoms with Crippen LogP contribution in [0.5, 0.6) is 5.75 Å². The Morgan fingerprint density at radius 3 is 2.57 bits per heavy atom. The lowest BCUT2D eigenvalue weighted by Crippen LogP contribution is -2.15. The molecule has 1 N–H and O–H groups in total. The van der Waals surface area contributed by atoms with Crippen LogP contribution in [0.3, 0.4) is 0 Å². The van der Waals surface area contributed by atoms with Crippen molar-refractivity contribution in [3.63, 3.8) is 0 Å². The molecular formula is C17H20FNOS. The summed E-state index contributed by atoms with van der Waals surface area (Å²) in [5.74, 6) is 0.667. The fraction of sp³-hybridized carbons (Fsp3) is 0.294. The molecule has 2 rings (SSSR count). The van der Waals surface area contributed by atoms with E-state index >= 15 is 0 Å². The first kappa shape index (κ1) is 15.9. The summed E-state index contributed by atoms with van der Waals surface area (Å²) in [6.07, 6.45) is 1.04. The van der Waals surface area contributed by atoms with E-state index in [1.54, 1.807) is 24.9 Å². The van der Waals surface area contributed by atoms with Gasteiger partial charge in [-0.2, -0.15) is 0 Å². The molecule has 0 amide bonds. The maximum atomic E-state index is 14.0. The highest BCUT2D eigenvalue weighted by molar-refractivity contribution is 7.99. The van der Waals surface area contributed by atoms with E-state index in [1.807, 2.05) is 30.3 Å². The van der Waals surface area contributed by atoms with E-state index in [4.69, 9.17) is 4.74 Å². The fourth-order valence-electron chi connectivity index (χ4n) is 1.97. The van der Waals surface area contributed by atoms with Gasteiger partial charge < -0.3 is 10.1 Å². The number of halogens is 1. The predicted molar refractivity (Wildman–Crippen MR) is 85.5 cm³/mol. The van der Waals surface area contributed by atoms with Crippen LogP contribution < -0.4 is 10.1 Å². The minimum absolute atomic E-state index is 0.155. The summed E-state index contributed by atoms with van der Waals surface area (Å²) in [7, 11) is 1.65. The topological polar surface area (TPSA) is 21.3 Å². The highest BCUT2D eigenvalue weighted by atomic mass is 32.2. The van der Waals surface area contributed by atoms with E-state index in [-0.39, 0.29) is 5.82 Å². The van der Waals surface area contributed by atoms with E-state index in [9.17, 15) is 4.39 Å². The van der Waals surface area contributed by atoms with Crippen LogP contribution in [0.25, 0.3) is 0 Å². The summed E-state index contributed by atoms with van der Waals surface area (Å²) in [5, 5.41) is 3.26. The monoisotopic (exact) mass is 305 g/mol. The predicted octanol–water partition coefficient (Wildman–Crippen LogP) is 4.49. The first-order chi connectivity index (χ1) is 10.2. The maximum Gasteiger partial charge on any atom is 0.128 e. The number of ether oxygens (including phenoxy) is 1. The Balaban J connectivity index is 2.15. The van der Waals surface area contributed by atoms with Gasteiger partial charge in [-0.25, -0.2) is 4.39 Å². The van der Waals surface area contributed by atoms with Gasteiger partial charge in [-0.15, -0.1) is 0 Å². The lowest BCUT2D eigenvalue weighted by Gasteiger charge is -2.11. The smallest absolute Gasteiger partial charge is 0.128 e. The minimum Gasteiger partial charge on any atom is -0.497 e. The molecule has 0 fully saturated rings. The quantitative estimate of drug-likeness (QED) is 0.762. The van der Waals surface area contributed by atoms with Gasteiger partial charge in [0.05, 0.1) is 7.11 Å². The van der Waals surface area contributed by atoms with Crippen molar-refractivity contribution >= 4 is 11.8 Å². The van der Waals surface area contributed by atoms with Gasteiger partial charge >= 0.3 is 0 Å². The van der Waals surface area contributed by atoms with Gasteiger partial charge in [0.25, 0.3) is 0 Å².